The number of primary amides is 1. The average molecular weight is 275 g/mol. The van der Waals surface area contributed by atoms with Crippen LogP contribution in [0.25, 0.3) is 0 Å². The van der Waals surface area contributed by atoms with Gasteiger partial charge in [0.25, 0.3) is 5.91 Å². The van der Waals surface area contributed by atoms with Crippen LogP contribution in [0.2, 0.25) is 15.1 Å². The first-order valence-corrected chi connectivity index (χ1v) is 4.69. The van der Waals surface area contributed by atoms with Crippen molar-refractivity contribution in [1.82, 2.24) is 0 Å². The van der Waals surface area contributed by atoms with E-state index in [4.69, 9.17) is 52.4 Å². The van der Waals surface area contributed by atoms with Gasteiger partial charge in [0, 0.05) is 0 Å². The highest BCUT2D eigenvalue weighted by Gasteiger charge is 2.19. The van der Waals surface area contributed by atoms with Crippen molar-refractivity contribution in [3.63, 3.8) is 0 Å². The number of carbonyl (C=O) groups excluding carboxylic acids is 1. The number of halogens is 4. The molecule has 2 N–H and O–H groups in total. The Balaban J connectivity index is 3.51. The predicted molar refractivity (Wildman–Crippen MR) is 56.5 cm³/mol. The fourth-order valence-corrected chi connectivity index (χ4v) is 1.67. The summed E-state index contributed by atoms with van der Waals surface area (Å²) in [5.74, 6) is -0.864. The summed E-state index contributed by atoms with van der Waals surface area (Å²) in [5, 5.41) is 0.0971. The van der Waals surface area contributed by atoms with Gasteiger partial charge in [0.05, 0.1) is 15.6 Å². The maximum absolute atomic E-state index is 10.9. The molecule has 0 unspecified atom stereocenters. The van der Waals surface area contributed by atoms with Crippen LogP contribution in [0.15, 0.2) is 6.07 Å². The Labute approximate surface area is 99.8 Å². The molecule has 0 atom stereocenters. The summed E-state index contributed by atoms with van der Waals surface area (Å²) in [6.45, 7) is 0. The summed E-state index contributed by atoms with van der Waals surface area (Å²) in [7, 11) is 0. The first-order chi connectivity index (χ1) is 6.49. The molecule has 0 heterocycles. The minimum absolute atomic E-state index is 0.0283. The molecule has 1 aromatic carbocycles. The van der Waals surface area contributed by atoms with E-state index in [2.05, 4.69) is 4.29 Å². The van der Waals surface area contributed by atoms with Crippen molar-refractivity contribution in [3.8, 4) is 5.75 Å². The van der Waals surface area contributed by atoms with E-state index in [0.29, 0.717) is 0 Å². The summed E-state index contributed by atoms with van der Waals surface area (Å²) in [4.78, 5) is 10.9. The van der Waals surface area contributed by atoms with E-state index >= 15 is 0 Å². The van der Waals surface area contributed by atoms with E-state index < -0.39 is 5.91 Å². The first-order valence-electron chi connectivity index (χ1n) is 3.25. The molecule has 76 valence electrons. The van der Waals surface area contributed by atoms with Crippen LogP contribution in [0, 0.1) is 0 Å². The lowest BCUT2D eigenvalue weighted by molar-refractivity contribution is 0.0999. The zero-order valence-corrected chi connectivity index (χ0v) is 9.51. The third kappa shape index (κ3) is 2.01. The van der Waals surface area contributed by atoms with Crippen molar-refractivity contribution in [2.45, 2.75) is 0 Å². The fraction of sp³-hybridized carbons (Fsp3) is 0. The van der Waals surface area contributed by atoms with E-state index in [-0.39, 0.29) is 26.4 Å². The van der Waals surface area contributed by atoms with Crippen LogP contribution in [0.1, 0.15) is 10.4 Å². The van der Waals surface area contributed by atoms with Gasteiger partial charge in [-0.15, -0.1) is 0 Å². The van der Waals surface area contributed by atoms with Crippen LogP contribution in [-0.2, 0) is 0 Å². The van der Waals surface area contributed by atoms with Gasteiger partial charge in [0.2, 0.25) is 0 Å². The topological polar surface area (TPSA) is 52.3 Å². The van der Waals surface area contributed by atoms with Crippen LogP contribution >= 0.6 is 46.7 Å². The van der Waals surface area contributed by atoms with Gasteiger partial charge in [-0.3, -0.25) is 4.79 Å². The molecular weight excluding hydrogens is 272 g/mol. The number of nitrogens with two attached hydrogens (primary N) is 1. The van der Waals surface area contributed by atoms with Crippen LogP contribution in [-0.4, -0.2) is 5.91 Å². The summed E-state index contributed by atoms with van der Waals surface area (Å²) in [6, 6.07) is 1.23. The molecule has 0 saturated carbocycles. The predicted octanol–water partition coefficient (Wildman–Crippen LogP) is 3.28. The van der Waals surface area contributed by atoms with E-state index in [1.807, 2.05) is 0 Å². The van der Waals surface area contributed by atoms with Crippen molar-refractivity contribution in [3.05, 3.63) is 26.7 Å². The Kier molecular flexibility index (Phi) is 3.72. The van der Waals surface area contributed by atoms with Gasteiger partial charge in [-0.1, -0.05) is 34.8 Å². The molecule has 3 nitrogen and oxygen atoms in total. The highest BCUT2D eigenvalue weighted by molar-refractivity contribution is 6.49. The lowest BCUT2D eigenvalue weighted by atomic mass is 10.2. The molecule has 0 saturated heterocycles. The Bertz CT molecular complexity index is 394. The molecule has 0 aliphatic heterocycles. The second-order valence-corrected chi connectivity index (χ2v) is 3.62. The van der Waals surface area contributed by atoms with Gasteiger partial charge in [-0.05, 0) is 6.07 Å². The molecule has 0 bridgehead atoms. The normalized spacial score (nSPS) is 10.0. The lowest BCUT2D eigenvalue weighted by Crippen LogP contribution is -2.12. The molecule has 7 heteroatoms. The van der Waals surface area contributed by atoms with Crippen LogP contribution in [0.4, 0.5) is 0 Å². The van der Waals surface area contributed by atoms with Crippen LogP contribution < -0.4 is 10.0 Å². The number of amides is 1. The van der Waals surface area contributed by atoms with Crippen molar-refractivity contribution >= 4 is 52.6 Å². The van der Waals surface area contributed by atoms with Crippen LogP contribution in [0.3, 0.4) is 0 Å². The molecule has 0 aromatic heterocycles. The summed E-state index contributed by atoms with van der Waals surface area (Å²) in [5.41, 5.74) is 5.01. The Morgan fingerprint density at radius 3 is 2.29 bits per heavy atom. The Hall–Kier alpha value is -0.350. The maximum atomic E-state index is 10.9. The summed E-state index contributed by atoms with van der Waals surface area (Å²) in [6.07, 6.45) is 0. The minimum atomic E-state index is -0.763. The third-order valence-electron chi connectivity index (χ3n) is 1.46. The standard InChI is InChI=1S/C7H3Cl4NO2/c8-3-1-2(7(12)13)6(14-11)5(10)4(3)9/h1H,(H2,12,13). The maximum Gasteiger partial charge on any atom is 0.252 e. The molecule has 0 aliphatic carbocycles. The first kappa shape index (κ1) is 11.7. The molecule has 0 radical (unpaired) electrons. The number of benzene rings is 1. The molecule has 1 amide bonds. The van der Waals surface area contributed by atoms with Crippen molar-refractivity contribution in [2.24, 2.45) is 5.73 Å². The number of hydrogen-bond donors (Lipinski definition) is 1. The smallest absolute Gasteiger partial charge is 0.252 e. The van der Waals surface area contributed by atoms with Crippen molar-refractivity contribution in [1.29, 1.82) is 0 Å². The molecule has 1 aromatic rings. The second kappa shape index (κ2) is 4.45. The summed E-state index contributed by atoms with van der Waals surface area (Å²) < 4.78 is 4.37. The van der Waals surface area contributed by atoms with Crippen molar-refractivity contribution < 1.29 is 9.08 Å². The van der Waals surface area contributed by atoms with Gasteiger partial charge in [0.15, 0.2) is 5.75 Å². The third-order valence-corrected chi connectivity index (χ3v) is 2.86. The zero-order chi connectivity index (χ0) is 10.9. The van der Waals surface area contributed by atoms with Gasteiger partial charge < -0.3 is 10.0 Å². The molecule has 0 fully saturated rings. The Morgan fingerprint density at radius 1 is 1.29 bits per heavy atom. The molecule has 1 rings (SSSR count). The number of rotatable bonds is 2. The average Bonchev–Trinajstić information content (AvgIpc) is 2.13. The molecule has 0 aliphatic rings. The zero-order valence-electron chi connectivity index (χ0n) is 6.48. The van der Waals surface area contributed by atoms with E-state index in [0.717, 1.165) is 0 Å². The molecule has 14 heavy (non-hydrogen) atoms. The van der Waals surface area contributed by atoms with Crippen LogP contribution in [0.5, 0.6) is 5.75 Å². The quantitative estimate of drug-likeness (QED) is 0.842. The molecule has 0 spiro atoms. The van der Waals surface area contributed by atoms with Gasteiger partial charge in [-0.25, -0.2) is 0 Å². The highest BCUT2D eigenvalue weighted by atomic mass is 35.5. The van der Waals surface area contributed by atoms with E-state index in [1.165, 1.54) is 6.07 Å². The fourth-order valence-electron chi connectivity index (χ4n) is 0.837. The monoisotopic (exact) mass is 273 g/mol. The van der Waals surface area contributed by atoms with E-state index in [1.54, 1.807) is 0 Å². The molecular formula is C7H3Cl4NO2. The number of carbonyl (C=O) groups is 1. The van der Waals surface area contributed by atoms with Gasteiger partial charge in [-0.2, -0.15) is 0 Å². The number of hydrogen-bond acceptors (Lipinski definition) is 2. The van der Waals surface area contributed by atoms with E-state index in [9.17, 15) is 4.79 Å². The highest BCUT2D eigenvalue weighted by Crippen LogP contribution is 2.40. The SMILES string of the molecule is NC(=O)c1cc(Cl)c(Cl)c(Cl)c1OCl. The van der Waals surface area contributed by atoms with Gasteiger partial charge in [0.1, 0.15) is 16.9 Å². The largest absolute Gasteiger partial charge is 0.383 e. The second-order valence-electron chi connectivity index (χ2n) is 2.30. The van der Waals surface area contributed by atoms with Gasteiger partial charge >= 0.3 is 0 Å². The van der Waals surface area contributed by atoms with Crippen molar-refractivity contribution in [2.75, 3.05) is 0 Å². The summed E-state index contributed by atoms with van der Waals surface area (Å²) >= 11 is 22.2. The Morgan fingerprint density at radius 2 is 1.86 bits per heavy atom. The lowest BCUT2D eigenvalue weighted by Gasteiger charge is -2.07. The minimum Gasteiger partial charge on any atom is -0.383 e.